The van der Waals surface area contributed by atoms with Crippen molar-refractivity contribution < 1.29 is 9.18 Å². The van der Waals surface area contributed by atoms with Gasteiger partial charge in [0.05, 0.1) is 16.9 Å². The highest BCUT2D eigenvalue weighted by Gasteiger charge is 2.13. The van der Waals surface area contributed by atoms with Gasteiger partial charge in [-0.25, -0.2) is 13.9 Å². The summed E-state index contributed by atoms with van der Waals surface area (Å²) in [4.78, 5) is 15.7. The third-order valence-electron chi connectivity index (χ3n) is 4.55. The molecule has 2 aromatic heterocycles. The van der Waals surface area contributed by atoms with Gasteiger partial charge in [-0.3, -0.25) is 4.79 Å². The van der Waals surface area contributed by atoms with E-state index in [0.29, 0.717) is 23.4 Å². The number of hydrogen-bond donors (Lipinski definition) is 2. The van der Waals surface area contributed by atoms with Crippen molar-refractivity contribution in [3.8, 4) is 11.3 Å². The Hall–Kier alpha value is -3.74. The molecule has 4 rings (SSSR count). The third-order valence-corrected chi connectivity index (χ3v) is 4.55. The highest BCUT2D eigenvalue weighted by Crippen LogP contribution is 2.23. The summed E-state index contributed by atoms with van der Waals surface area (Å²) >= 11 is 0. The molecule has 0 aliphatic heterocycles. The number of anilines is 1. The van der Waals surface area contributed by atoms with Crippen molar-refractivity contribution >= 4 is 17.2 Å². The van der Waals surface area contributed by atoms with E-state index in [1.54, 1.807) is 22.7 Å². The molecule has 3 N–H and O–H groups in total. The van der Waals surface area contributed by atoms with Crippen molar-refractivity contribution in [2.45, 2.75) is 13.5 Å². The molecule has 7 heteroatoms. The van der Waals surface area contributed by atoms with Gasteiger partial charge in [0, 0.05) is 12.1 Å². The van der Waals surface area contributed by atoms with Crippen LogP contribution in [0.3, 0.4) is 0 Å². The summed E-state index contributed by atoms with van der Waals surface area (Å²) in [6.07, 6.45) is 1.39. The predicted octanol–water partition coefficient (Wildman–Crippen LogP) is 3.55. The zero-order valence-electron chi connectivity index (χ0n) is 15.2. The van der Waals surface area contributed by atoms with Crippen LogP contribution in [-0.2, 0) is 6.54 Å². The molecule has 2 heterocycles. The normalized spacial score (nSPS) is 10.9. The summed E-state index contributed by atoms with van der Waals surface area (Å²) in [5.74, 6) is -0.811. The van der Waals surface area contributed by atoms with Crippen LogP contribution in [0.15, 0.2) is 60.9 Å². The Kier molecular flexibility index (Phi) is 4.49. The van der Waals surface area contributed by atoms with Gasteiger partial charge in [-0.2, -0.15) is 5.10 Å². The van der Waals surface area contributed by atoms with Crippen molar-refractivity contribution in [1.29, 1.82) is 0 Å². The Morgan fingerprint density at radius 3 is 2.64 bits per heavy atom. The molecule has 0 atom stereocenters. The summed E-state index contributed by atoms with van der Waals surface area (Å²) in [7, 11) is 0. The van der Waals surface area contributed by atoms with E-state index in [1.165, 1.54) is 12.4 Å². The fourth-order valence-corrected chi connectivity index (χ4v) is 3.07. The zero-order chi connectivity index (χ0) is 19.7. The molecule has 2 aromatic carbocycles. The fourth-order valence-electron chi connectivity index (χ4n) is 3.07. The first-order valence-corrected chi connectivity index (χ1v) is 8.75. The van der Waals surface area contributed by atoms with Crippen LogP contribution in [0.5, 0.6) is 0 Å². The molecule has 4 aromatic rings. The largest absolute Gasteiger partial charge is 0.379 e. The molecule has 0 fully saturated rings. The van der Waals surface area contributed by atoms with Gasteiger partial charge in [0.1, 0.15) is 12.1 Å². The number of nitrogens with zero attached hydrogens (tertiary/aromatic N) is 3. The van der Waals surface area contributed by atoms with E-state index in [1.807, 2.05) is 37.3 Å². The van der Waals surface area contributed by atoms with E-state index < -0.39 is 5.91 Å². The molecule has 0 unspecified atom stereocenters. The molecule has 0 radical (unpaired) electrons. The molecule has 28 heavy (non-hydrogen) atoms. The van der Waals surface area contributed by atoms with E-state index in [0.717, 1.165) is 22.4 Å². The monoisotopic (exact) mass is 375 g/mol. The standard InChI is InChI=1S/C21H18FN5O/c1-13-2-8-18(17(22)10-13)24-11-14-3-5-15(6-4-14)19-9-7-16(20(23)28)21-25-12-26-27(19)21/h2-10,12,24H,11H2,1H3,(H2,23,28). The minimum Gasteiger partial charge on any atom is -0.379 e. The van der Waals surface area contributed by atoms with Gasteiger partial charge in [-0.05, 0) is 42.3 Å². The second kappa shape index (κ2) is 7.11. The van der Waals surface area contributed by atoms with Crippen LogP contribution < -0.4 is 11.1 Å². The van der Waals surface area contributed by atoms with Crippen LogP contribution in [0.25, 0.3) is 16.9 Å². The van der Waals surface area contributed by atoms with Gasteiger partial charge in [-0.1, -0.05) is 30.3 Å². The summed E-state index contributed by atoms with van der Waals surface area (Å²) in [6.45, 7) is 2.35. The summed E-state index contributed by atoms with van der Waals surface area (Å²) in [6, 6.07) is 16.4. The number of fused-ring (bicyclic) bond motifs is 1. The summed E-state index contributed by atoms with van der Waals surface area (Å²) < 4.78 is 15.5. The first-order valence-electron chi connectivity index (χ1n) is 8.75. The first-order chi connectivity index (χ1) is 13.5. The number of nitrogens with two attached hydrogens (primary N) is 1. The third kappa shape index (κ3) is 3.29. The van der Waals surface area contributed by atoms with Gasteiger partial charge in [0.2, 0.25) is 0 Å². The average Bonchev–Trinajstić information content (AvgIpc) is 3.17. The van der Waals surface area contributed by atoms with Crippen LogP contribution in [0, 0.1) is 12.7 Å². The lowest BCUT2D eigenvalue weighted by molar-refractivity contribution is 0.100. The second-order valence-corrected chi connectivity index (χ2v) is 6.53. The summed E-state index contributed by atoms with van der Waals surface area (Å²) in [5.41, 5.74) is 10.2. The molecule has 0 saturated carbocycles. The summed E-state index contributed by atoms with van der Waals surface area (Å²) in [5, 5.41) is 7.30. The predicted molar refractivity (Wildman–Crippen MR) is 105 cm³/mol. The molecule has 0 aliphatic carbocycles. The van der Waals surface area contributed by atoms with Crippen molar-refractivity contribution in [3.05, 3.63) is 83.4 Å². The minimum absolute atomic E-state index is 0.264. The Morgan fingerprint density at radius 2 is 1.93 bits per heavy atom. The number of primary amides is 1. The maximum Gasteiger partial charge on any atom is 0.252 e. The van der Waals surface area contributed by atoms with Crippen LogP contribution in [0.1, 0.15) is 21.5 Å². The number of benzene rings is 2. The molecule has 0 bridgehead atoms. The number of pyridine rings is 1. The number of carbonyl (C=O) groups excluding carboxylic acids is 1. The number of hydrogen-bond acceptors (Lipinski definition) is 4. The van der Waals surface area contributed by atoms with E-state index in [2.05, 4.69) is 15.4 Å². The fraction of sp³-hybridized carbons (Fsp3) is 0.0952. The van der Waals surface area contributed by atoms with Crippen molar-refractivity contribution in [1.82, 2.24) is 14.6 Å². The van der Waals surface area contributed by atoms with Crippen molar-refractivity contribution in [2.24, 2.45) is 5.73 Å². The Labute approximate surface area is 160 Å². The number of aromatic nitrogens is 3. The Morgan fingerprint density at radius 1 is 1.14 bits per heavy atom. The molecule has 0 aliphatic rings. The minimum atomic E-state index is -0.547. The van der Waals surface area contributed by atoms with Crippen LogP contribution >= 0.6 is 0 Å². The van der Waals surface area contributed by atoms with Gasteiger partial charge in [-0.15, -0.1) is 0 Å². The number of aryl methyl sites for hydroxylation is 1. The number of nitrogens with one attached hydrogen (secondary N) is 1. The molecular formula is C21H18FN5O. The topological polar surface area (TPSA) is 85.3 Å². The molecule has 6 nitrogen and oxygen atoms in total. The van der Waals surface area contributed by atoms with E-state index in [9.17, 15) is 9.18 Å². The molecule has 0 spiro atoms. The lowest BCUT2D eigenvalue weighted by Gasteiger charge is -2.10. The quantitative estimate of drug-likeness (QED) is 0.559. The van der Waals surface area contributed by atoms with Crippen molar-refractivity contribution in [3.63, 3.8) is 0 Å². The van der Waals surface area contributed by atoms with Crippen molar-refractivity contribution in [2.75, 3.05) is 5.32 Å². The van der Waals surface area contributed by atoms with Gasteiger partial charge < -0.3 is 11.1 Å². The smallest absolute Gasteiger partial charge is 0.252 e. The number of amides is 1. The number of halogens is 1. The maximum atomic E-state index is 13.9. The SMILES string of the molecule is Cc1ccc(NCc2ccc(-c3ccc(C(N)=O)c4ncnn34)cc2)c(F)c1. The van der Waals surface area contributed by atoms with Crippen LogP contribution in [0.4, 0.5) is 10.1 Å². The lowest BCUT2D eigenvalue weighted by Crippen LogP contribution is -2.13. The molecule has 140 valence electrons. The molecular weight excluding hydrogens is 357 g/mol. The second-order valence-electron chi connectivity index (χ2n) is 6.53. The molecule has 1 amide bonds. The molecule has 0 saturated heterocycles. The van der Waals surface area contributed by atoms with E-state index in [-0.39, 0.29) is 5.82 Å². The zero-order valence-corrected chi connectivity index (χ0v) is 15.2. The van der Waals surface area contributed by atoms with Gasteiger partial charge in [0.15, 0.2) is 5.65 Å². The number of rotatable bonds is 5. The maximum absolute atomic E-state index is 13.9. The Balaban J connectivity index is 1.57. The highest BCUT2D eigenvalue weighted by atomic mass is 19.1. The van der Waals surface area contributed by atoms with Gasteiger partial charge >= 0.3 is 0 Å². The lowest BCUT2D eigenvalue weighted by atomic mass is 10.1. The Bertz CT molecular complexity index is 1170. The van der Waals surface area contributed by atoms with Crippen LogP contribution in [-0.4, -0.2) is 20.5 Å². The average molecular weight is 375 g/mol. The van der Waals surface area contributed by atoms with E-state index >= 15 is 0 Å². The number of carbonyl (C=O) groups is 1. The first kappa shape index (κ1) is 17.7. The highest BCUT2D eigenvalue weighted by molar-refractivity contribution is 5.99. The van der Waals surface area contributed by atoms with Crippen LogP contribution in [0.2, 0.25) is 0 Å². The van der Waals surface area contributed by atoms with E-state index in [4.69, 9.17) is 5.73 Å². The van der Waals surface area contributed by atoms with Gasteiger partial charge in [0.25, 0.3) is 5.91 Å².